The molecular weight excluding hydrogens is 1310 g/mol. The SMILES string of the molecule is CC(C)(C)[Si](OCCOCCOCCOCCOc1cc(C(=O)O)cc(OCCOCCOCCOCCO[Si](c2ccccc2)(c2ccccc2)C(C)(C)C)c1OCCOCCOCCOCCO[Si](c1ccccc1)(c1ccccc1)C(C)(C)C)(c1ccccc1)c1ccccc1. The number of ether oxygens (including phenoxy) is 12. The van der Waals surface area contributed by atoms with Gasteiger partial charge in [0.05, 0.1) is 144 Å². The summed E-state index contributed by atoms with van der Waals surface area (Å²) in [5.74, 6) is -0.599. The van der Waals surface area contributed by atoms with Gasteiger partial charge < -0.3 is 75.2 Å². The second kappa shape index (κ2) is 42.1. The highest BCUT2D eigenvalue weighted by atomic mass is 28.4. The van der Waals surface area contributed by atoms with Crippen LogP contribution in [-0.2, 0) is 55.9 Å². The number of rotatable bonds is 49. The number of carboxylic acid groups (broad SMARTS) is 1. The Balaban J connectivity index is 0.826. The average Bonchev–Trinajstić information content (AvgIpc) is 0.763. The van der Waals surface area contributed by atoms with Crippen molar-refractivity contribution in [1.82, 2.24) is 0 Å². The van der Waals surface area contributed by atoms with E-state index in [0.29, 0.717) is 119 Å². The first kappa shape index (κ1) is 79.9. The molecule has 0 amide bonds. The zero-order chi connectivity index (χ0) is 70.6. The fourth-order valence-corrected chi connectivity index (χ4v) is 26.0. The molecule has 0 aromatic heterocycles. The first-order valence-corrected chi connectivity index (χ1v) is 40.4. The Bertz CT molecular complexity index is 3030. The molecule has 0 saturated carbocycles. The number of carbonyl (C=O) groups is 1. The van der Waals surface area contributed by atoms with Crippen molar-refractivity contribution in [2.75, 3.05) is 159 Å². The van der Waals surface area contributed by atoms with Crippen LogP contribution in [0.5, 0.6) is 17.2 Å². The molecule has 17 nitrogen and oxygen atoms in total. The predicted octanol–water partition coefficient (Wildman–Crippen LogP) is 10.4. The van der Waals surface area contributed by atoms with E-state index in [-0.39, 0.29) is 77.6 Å². The van der Waals surface area contributed by atoms with Gasteiger partial charge in [0, 0.05) is 0 Å². The van der Waals surface area contributed by atoms with Crippen LogP contribution in [0, 0.1) is 0 Å². The smallest absolute Gasteiger partial charge is 0.335 e. The van der Waals surface area contributed by atoms with Crippen LogP contribution in [0.1, 0.15) is 72.7 Å². The number of hydrogen-bond donors (Lipinski definition) is 1. The molecule has 0 radical (unpaired) electrons. The quantitative estimate of drug-likeness (QED) is 0.0281. The molecule has 20 heteroatoms. The molecule has 0 unspecified atom stereocenters. The van der Waals surface area contributed by atoms with Crippen LogP contribution in [0.3, 0.4) is 0 Å². The van der Waals surface area contributed by atoms with Gasteiger partial charge in [-0.15, -0.1) is 0 Å². The molecule has 0 spiro atoms. The molecule has 7 rings (SSSR count). The molecule has 538 valence electrons. The third-order valence-corrected chi connectivity index (χ3v) is 32.0. The summed E-state index contributed by atoms with van der Waals surface area (Å²) in [4.78, 5) is 12.5. The van der Waals surface area contributed by atoms with E-state index in [2.05, 4.69) is 208 Å². The number of aromatic carboxylic acids is 1. The predicted molar refractivity (Wildman–Crippen MR) is 398 cm³/mol. The van der Waals surface area contributed by atoms with Crippen LogP contribution < -0.4 is 45.3 Å². The van der Waals surface area contributed by atoms with Gasteiger partial charge in [-0.05, 0) is 58.4 Å². The Morgan fingerprint density at radius 2 is 0.455 bits per heavy atom. The lowest BCUT2D eigenvalue weighted by molar-refractivity contribution is 0.00238. The van der Waals surface area contributed by atoms with Crippen LogP contribution in [0.25, 0.3) is 0 Å². The summed E-state index contributed by atoms with van der Waals surface area (Å²) in [6, 6.07) is 66.2. The van der Waals surface area contributed by atoms with Gasteiger partial charge in [0.25, 0.3) is 25.0 Å². The number of hydrogen-bond acceptors (Lipinski definition) is 16. The van der Waals surface area contributed by atoms with Crippen LogP contribution >= 0.6 is 0 Å². The summed E-state index contributed by atoms with van der Waals surface area (Å²) in [6.07, 6.45) is 0. The summed E-state index contributed by atoms with van der Waals surface area (Å²) in [7, 11) is -7.97. The van der Waals surface area contributed by atoms with Crippen molar-refractivity contribution in [3.05, 3.63) is 200 Å². The highest BCUT2D eigenvalue weighted by Crippen LogP contribution is 2.41. The van der Waals surface area contributed by atoms with Crippen molar-refractivity contribution in [3.8, 4) is 17.2 Å². The van der Waals surface area contributed by atoms with Crippen molar-refractivity contribution in [2.24, 2.45) is 0 Å². The van der Waals surface area contributed by atoms with Crippen molar-refractivity contribution < 1.29 is 80.0 Å². The molecule has 0 aliphatic heterocycles. The standard InChI is InChI=1S/C79H108O17Si3/c1-77(2,3)97(67-28-16-10-17-29-67,68-30-18-11-19-31-68)94-61-55-88-49-43-82-40-46-85-52-58-91-73-64-66(76(80)81)65-74(92-59-53-86-47-41-83-44-50-89-56-62-95-98(78(4,5)6,69-32-20-12-21-33-69)70-34-22-13-23-35-70)75(73)93-60-54-87-48-42-84-45-51-90-57-63-96-99(79(7,8)9,71-36-24-14-25-37-71)72-38-26-15-27-39-72/h10-39,64-65H,40-63H2,1-9H3,(H,80,81). The van der Waals surface area contributed by atoms with Gasteiger partial charge >= 0.3 is 5.97 Å². The van der Waals surface area contributed by atoms with Crippen molar-refractivity contribution in [1.29, 1.82) is 0 Å². The van der Waals surface area contributed by atoms with E-state index >= 15 is 0 Å². The molecule has 0 heterocycles. The van der Waals surface area contributed by atoms with Crippen LogP contribution in [0.15, 0.2) is 194 Å². The fraction of sp³-hybridized carbons (Fsp3) is 0.456. The fourth-order valence-electron chi connectivity index (χ4n) is 12.4. The van der Waals surface area contributed by atoms with E-state index in [9.17, 15) is 9.90 Å². The molecule has 1 N–H and O–H groups in total. The monoisotopic (exact) mass is 1410 g/mol. The molecule has 0 aliphatic rings. The summed E-state index contributed by atoms with van der Waals surface area (Å²) in [5, 5.41) is 17.2. The maximum atomic E-state index is 12.5. The highest BCUT2D eigenvalue weighted by molar-refractivity contribution is 7.00. The summed E-state index contributed by atoms with van der Waals surface area (Å²) in [6.45, 7) is 28.1. The first-order chi connectivity index (χ1) is 48.0. The van der Waals surface area contributed by atoms with Gasteiger partial charge in [-0.1, -0.05) is 244 Å². The minimum Gasteiger partial charge on any atom is -0.487 e. The Kier molecular flexibility index (Phi) is 34.0. The number of benzene rings is 7. The maximum Gasteiger partial charge on any atom is 0.335 e. The highest BCUT2D eigenvalue weighted by Gasteiger charge is 2.52. The van der Waals surface area contributed by atoms with E-state index in [0.717, 1.165) is 0 Å². The second-order valence-electron chi connectivity index (χ2n) is 26.7. The molecule has 99 heavy (non-hydrogen) atoms. The Hall–Kier alpha value is -6.42. The van der Waals surface area contributed by atoms with E-state index in [1.165, 1.54) is 43.3 Å². The molecule has 0 saturated heterocycles. The Labute approximate surface area is 591 Å². The number of carboxylic acids is 1. The van der Waals surface area contributed by atoms with Gasteiger partial charge in [-0.3, -0.25) is 0 Å². The summed E-state index contributed by atoms with van der Waals surface area (Å²) >= 11 is 0. The lowest BCUT2D eigenvalue weighted by Gasteiger charge is -2.43. The zero-order valence-electron chi connectivity index (χ0n) is 59.9. The van der Waals surface area contributed by atoms with Crippen molar-refractivity contribution >= 4 is 62.0 Å². The van der Waals surface area contributed by atoms with Crippen LogP contribution in [0.2, 0.25) is 15.1 Å². The lowest BCUT2D eigenvalue weighted by Crippen LogP contribution is -2.66. The molecule has 0 fully saturated rings. The third-order valence-electron chi connectivity index (χ3n) is 16.8. The van der Waals surface area contributed by atoms with E-state index in [1.807, 2.05) is 36.4 Å². The molecular formula is C79H108O17Si3. The molecule has 0 aliphatic carbocycles. The van der Waals surface area contributed by atoms with Gasteiger partial charge in [-0.2, -0.15) is 0 Å². The molecule has 7 aromatic rings. The molecule has 0 bridgehead atoms. The Morgan fingerprint density at radius 1 is 0.273 bits per heavy atom. The van der Waals surface area contributed by atoms with Crippen molar-refractivity contribution in [2.45, 2.75) is 77.4 Å². The normalized spacial score (nSPS) is 12.4. The largest absolute Gasteiger partial charge is 0.487 e. The topological polar surface area (TPSA) is 176 Å². The minimum atomic E-state index is -2.66. The van der Waals surface area contributed by atoms with Gasteiger partial charge in [-0.25, -0.2) is 4.79 Å². The van der Waals surface area contributed by atoms with Crippen molar-refractivity contribution in [3.63, 3.8) is 0 Å². The average molecular weight is 1410 g/mol. The third kappa shape index (κ3) is 23.8. The molecule has 7 aromatic carbocycles. The van der Waals surface area contributed by atoms with Gasteiger partial charge in [0.15, 0.2) is 11.5 Å². The minimum absolute atomic E-state index is 0.0475. The van der Waals surface area contributed by atoms with Crippen LogP contribution in [0.4, 0.5) is 0 Å². The second-order valence-corrected chi connectivity index (χ2v) is 39.6. The van der Waals surface area contributed by atoms with Gasteiger partial charge in [0.1, 0.15) is 19.8 Å². The molecule has 0 atom stereocenters. The lowest BCUT2D eigenvalue weighted by atomic mass is 10.2. The van der Waals surface area contributed by atoms with Gasteiger partial charge in [0.2, 0.25) is 5.75 Å². The van der Waals surface area contributed by atoms with E-state index in [4.69, 9.17) is 70.1 Å². The van der Waals surface area contributed by atoms with Crippen LogP contribution in [-0.4, -0.2) is 195 Å². The Morgan fingerprint density at radius 3 is 0.646 bits per heavy atom. The summed E-state index contributed by atoms with van der Waals surface area (Å²) < 4.78 is 92.4. The summed E-state index contributed by atoms with van der Waals surface area (Å²) in [5.41, 5.74) is -0.0475. The van der Waals surface area contributed by atoms with E-state index < -0.39 is 30.9 Å². The van der Waals surface area contributed by atoms with E-state index in [1.54, 1.807) is 0 Å². The first-order valence-electron chi connectivity index (χ1n) is 34.7. The maximum absolute atomic E-state index is 12.5. The zero-order valence-corrected chi connectivity index (χ0v) is 62.9.